The molecule has 0 aromatic heterocycles. The monoisotopic (exact) mass is 566 g/mol. The molecule has 7 nitrogen and oxygen atoms in total. The third kappa shape index (κ3) is 5.56. The number of amides is 4. The molecule has 190 valence electrons. The van der Waals surface area contributed by atoms with Gasteiger partial charge in [-0.15, -0.1) is 0 Å². The van der Waals surface area contributed by atoms with Gasteiger partial charge in [0.15, 0.2) is 11.5 Å². The molecule has 37 heavy (non-hydrogen) atoms. The largest absolute Gasteiger partial charge is 0.490 e. The summed E-state index contributed by atoms with van der Waals surface area (Å²) in [6, 6.07) is 13.7. The highest BCUT2D eigenvalue weighted by Crippen LogP contribution is 2.38. The molecule has 1 aliphatic rings. The Bertz CT molecular complexity index is 1420. The third-order valence-corrected chi connectivity index (χ3v) is 6.45. The average molecular weight is 567 g/mol. The van der Waals surface area contributed by atoms with Crippen molar-refractivity contribution in [1.82, 2.24) is 5.32 Å². The fourth-order valence-electron chi connectivity index (χ4n) is 3.83. The van der Waals surface area contributed by atoms with Gasteiger partial charge in [-0.05, 0) is 95.4 Å². The minimum Gasteiger partial charge on any atom is -0.490 e. The van der Waals surface area contributed by atoms with Crippen LogP contribution in [0, 0.1) is 19.7 Å². The molecule has 1 fully saturated rings. The van der Waals surface area contributed by atoms with Gasteiger partial charge in [0.25, 0.3) is 11.8 Å². The highest BCUT2D eigenvalue weighted by atomic mass is 79.9. The lowest BCUT2D eigenvalue weighted by Gasteiger charge is -2.28. The Kier molecular flexibility index (Phi) is 7.73. The Labute approximate surface area is 222 Å². The molecule has 3 aromatic rings. The molecule has 1 heterocycles. The van der Waals surface area contributed by atoms with Crippen LogP contribution in [-0.4, -0.2) is 24.5 Å². The van der Waals surface area contributed by atoms with Crippen LogP contribution in [0.3, 0.4) is 0 Å². The van der Waals surface area contributed by atoms with Gasteiger partial charge in [-0.3, -0.25) is 14.9 Å². The first-order valence-corrected chi connectivity index (χ1v) is 12.3. The molecule has 4 amide bonds. The molecule has 0 aliphatic carbocycles. The smallest absolute Gasteiger partial charge is 0.335 e. The van der Waals surface area contributed by atoms with Crippen molar-refractivity contribution < 1.29 is 28.2 Å². The molecule has 1 N–H and O–H groups in total. The van der Waals surface area contributed by atoms with Crippen LogP contribution in [0.25, 0.3) is 6.08 Å². The number of carbonyl (C=O) groups is 3. The van der Waals surface area contributed by atoms with E-state index in [0.29, 0.717) is 33.8 Å². The Morgan fingerprint density at radius 3 is 2.46 bits per heavy atom. The van der Waals surface area contributed by atoms with Crippen molar-refractivity contribution in [1.29, 1.82) is 0 Å². The lowest BCUT2D eigenvalue weighted by Crippen LogP contribution is -2.54. The molecule has 4 rings (SSSR count). The minimum atomic E-state index is -0.804. The summed E-state index contributed by atoms with van der Waals surface area (Å²) in [5.41, 5.74) is 3.11. The molecule has 0 saturated carbocycles. The Morgan fingerprint density at radius 2 is 1.76 bits per heavy atom. The zero-order valence-corrected chi connectivity index (χ0v) is 22.0. The van der Waals surface area contributed by atoms with Gasteiger partial charge in [0.2, 0.25) is 0 Å². The fourth-order valence-corrected chi connectivity index (χ4v) is 4.41. The molecule has 0 spiro atoms. The summed E-state index contributed by atoms with van der Waals surface area (Å²) in [6.07, 6.45) is 1.40. The number of halogens is 2. The Morgan fingerprint density at radius 1 is 1.03 bits per heavy atom. The molecule has 9 heteroatoms. The van der Waals surface area contributed by atoms with Gasteiger partial charge in [-0.2, -0.15) is 0 Å². The normalized spacial score (nSPS) is 14.7. The summed E-state index contributed by atoms with van der Waals surface area (Å²) in [7, 11) is 0. The lowest BCUT2D eigenvalue weighted by atomic mass is 10.0. The van der Waals surface area contributed by atoms with Crippen LogP contribution in [0.1, 0.15) is 29.2 Å². The van der Waals surface area contributed by atoms with Crippen molar-refractivity contribution >= 4 is 45.5 Å². The third-order valence-electron chi connectivity index (χ3n) is 5.86. The summed E-state index contributed by atoms with van der Waals surface area (Å²) >= 11 is 3.48. The predicted molar refractivity (Wildman–Crippen MR) is 141 cm³/mol. The number of hydrogen-bond donors (Lipinski definition) is 1. The van der Waals surface area contributed by atoms with Crippen LogP contribution < -0.4 is 19.7 Å². The van der Waals surface area contributed by atoms with Crippen molar-refractivity contribution in [2.24, 2.45) is 0 Å². The molecule has 0 unspecified atom stereocenters. The zero-order valence-electron chi connectivity index (χ0n) is 20.4. The van der Waals surface area contributed by atoms with E-state index >= 15 is 0 Å². The molecule has 1 aliphatic heterocycles. The number of barbiturate groups is 1. The number of benzene rings is 3. The molecule has 0 bridgehead atoms. The van der Waals surface area contributed by atoms with Crippen LogP contribution in [-0.2, 0) is 16.2 Å². The van der Waals surface area contributed by atoms with Crippen molar-refractivity contribution in [3.05, 3.63) is 92.7 Å². The summed E-state index contributed by atoms with van der Waals surface area (Å²) < 4.78 is 25.4. The van der Waals surface area contributed by atoms with Crippen molar-refractivity contribution in [3.8, 4) is 11.5 Å². The standard InChI is InChI=1S/C28H24BrFN2O5/c1-4-36-24-14-19(13-22(29)25(24)37-15-18-8-10-20(30)11-9-18)12-21-26(33)31-28(35)32(27(21)34)23-7-5-6-16(2)17(23)3/h5-14H,4,15H2,1-3H3,(H,31,33,35)/b21-12+. The molecular weight excluding hydrogens is 543 g/mol. The number of imide groups is 2. The second-order valence-electron chi connectivity index (χ2n) is 8.36. The van der Waals surface area contributed by atoms with E-state index in [1.165, 1.54) is 18.2 Å². The summed E-state index contributed by atoms with van der Waals surface area (Å²) in [4.78, 5) is 39.6. The lowest BCUT2D eigenvalue weighted by molar-refractivity contribution is -0.122. The van der Waals surface area contributed by atoms with Gasteiger partial charge in [0.05, 0.1) is 16.8 Å². The molecule has 0 radical (unpaired) electrons. The minimum absolute atomic E-state index is 0.174. The SMILES string of the molecule is CCOc1cc(/C=C2\C(=O)NC(=O)N(c3cccc(C)c3C)C2=O)cc(Br)c1OCc1ccc(F)cc1. The fraction of sp³-hybridized carbons (Fsp3) is 0.179. The highest BCUT2D eigenvalue weighted by Gasteiger charge is 2.37. The average Bonchev–Trinajstić information content (AvgIpc) is 2.85. The first-order valence-electron chi connectivity index (χ1n) is 11.5. The van der Waals surface area contributed by atoms with Crippen LogP contribution in [0.2, 0.25) is 0 Å². The number of rotatable bonds is 7. The van der Waals surface area contributed by atoms with Gasteiger partial charge in [-0.1, -0.05) is 24.3 Å². The number of urea groups is 1. The molecule has 1 saturated heterocycles. The maximum atomic E-state index is 13.3. The maximum absolute atomic E-state index is 13.3. The number of nitrogens with one attached hydrogen (secondary N) is 1. The number of hydrogen-bond acceptors (Lipinski definition) is 5. The zero-order chi connectivity index (χ0) is 26.7. The Balaban J connectivity index is 1.67. The van der Waals surface area contributed by atoms with Crippen LogP contribution in [0.4, 0.5) is 14.9 Å². The van der Waals surface area contributed by atoms with Crippen molar-refractivity contribution in [2.45, 2.75) is 27.4 Å². The van der Waals surface area contributed by atoms with E-state index < -0.39 is 17.8 Å². The number of aryl methyl sites for hydroxylation is 1. The van der Waals surface area contributed by atoms with Crippen LogP contribution >= 0.6 is 15.9 Å². The summed E-state index contributed by atoms with van der Waals surface area (Å²) in [5.74, 6) is -1.05. The topological polar surface area (TPSA) is 84.9 Å². The second kappa shape index (κ2) is 11.0. The van der Waals surface area contributed by atoms with E-state index in [9.17, 15) is 18.8 Å². The highest BCUT2D eigenvalue weighted by molar-refractivity contribution is 9.10. The van der Waals surface area contributed by atoms with E-state index in [2.05, 4.69) is 21.2 Å². The number of carbonyl (C=O) groups excluding carboxylic acids is 3. The molecule has 3 aromatic carbocycles. The van der Waals surface area contributed by atoms with Gasteiger partial charge >= 0.3 is 6.03 Å². The summed E-state index contributed by atoms with van der Waals surface area (Å²) in [5, 5.41) is 2.25. The quantitative estimate of drug-likeness (QED) is 0.286. The van der Waals surface area contributed by atoms with Gasteiger partial charge < -0.3 is 9.47 Å². The predicted octanol–water partition coefficient (Wildman–Crippen LogP) is 5.85. The van der Waals surface area contributed by atoms with E-state index in [0.717, 1.165) is 21.6 Å². The summed E-state index contributed by atoms with van der Waals surface area (Å²) in [6.45, 7) is 6.01. The first-order chi connectivity index (χ1) is 17.7. The number of anilines is 1. The first kappa shape index (κ1) is 26.1. The Hall–Kier alpha value is -3.98. The molecular formula is C28H24BrFN2O5. The van der Waals surface area contributed by atoms with Gasteiger partial charge in [0.1, 0.15) is 18.0 Å². The second-order valence-corrected chi connectivity index (χ2v) is 9.21. The number of ether oxygens (including phenoxy) is 2. The van der Waals surface area contributed by atoms with Gasteiger partial charge in [-0.25, -0.2) is 14.1 Å². The van der Waals surface area contributed by atoms with Crippen LogP contribution in [0.5, 0.6) is 11.5 Å². The molecule has 0 atom stereocenters. The van der Waals surface area contributed by atoms with E-state index in [1.807, 2.05) is 19.9 Å². The number of nitrogens with zero attached hydrogens (tertiary/aromatic N) is 1. The van der Waals surface area contributed by atoms with Crippen molar-refractivity contribution in [3.63, 3.8) is 0 Å². The maximum Gasteiger partial charge on any atom is 0.335 e. The van der Waals surface area contributed by atoms with E-state index in [4.69, 9.17) is 9.47 Å². The van der Waals surface area contributed by atoms with Crippen molar-refractivity contribution in [2.75, 3.05) is 11.5 Å². The van der Waals surface area contributed by atoms with Crippen LogP contribution in [0.15, 0.2) is 64.6 Å². The van der Waals surface area contributed by atoms with Gasteiger partial charge in [0, 0.05) is 0 Å². The van der Waals surface area contributed by atoms with E-state index in [1.54, 1.807) is 43.3 Å². The van der Waals surface area contributed by atoms with E-state index in [-0.39, 0.29) is 18.0 Å².